The molecule has 0 radical (unpaired) electrons. The van der Waals surface area contributed by atoms with Crippen LogP contribution in [0.25, 0.3) is 0 Å². The SMILES string of the molecule is CCc1ncc(CC2CCC(Cc3cnc(CC)nc3)CC2)cn1. The number of hydrogen-bond acceptors (Lipinski definition) is 4. The predicted octanol–water partition coefficient (Wildman–Crippen LogP) is 3.98. The standard InChI is InChI=1S/C20H28N4/c1-3-19-21-11-17(12-22-19)9-15-5-7-16(8-6-15)10-18-13-23-20(4-2)24-14-18/h11-16H,3-10H2,1-2H3. The van der Waals surface area contributed by atoms with Crippen molar-refractivity contribution in [1.29, 1.82) is 0 Å². The number of aryl methyl sites for hydroxylation is 2. The van der Waals surface area contributed by atoms with E-state index < -0.39 is 0 Å². The van der Waals surface area contributed by atoms with Crippen molar-refractivity contribution in [2.24, 2.45) is 11.8 Å². The molecule has 1 fully saturated rings. The summed E-state index contributed by atoms with van der Waals surface area (Å²) in [7, 11) is 0. The van der Waals surface area contributed by atoms with Gasteiger partial charge in [-0.15, -0.1) is 0 Å². The highest BCUT2D eigenvalue weighted by Crippen LogP contribution is 2.32. The van der Waals surface area contributed by atoms with Crippen LogP contribution in [0, 0.1) is 11.8 Å². The van der Waals surface area contributed by atoms with Gasteiger partial charge in [0.15, 0.2) is 0 Å². The molecule has 3 rings (SSSR count). The minimum atomic E-state index is 0.788. The lowest BCUT2D eigenvalue weighted by Crippen LogP contribution is -2.18. The minimum Gasteiger partial charge on any atom is -0.241 e. The van der Waals surface area contributed by atoms with E-state index in [1.807, 2.05) is 24.8 Å². The van der Waals surface area contributed by atoms with Crippen molar-refractivity contribution >= 4 is 0 Å². The Morgan fingerprint density at radius 3 is 1.29 bits per heavy atom. The summed E-state index contributed by atoms with van der Waals surface area (Å²) in [4.78, 5) is 17.7. The number of rotatable bonds is 6. The third-order valence-electron chi connectivity index (χ3n) is 5.17. The Kier molecular flexibility index (Phi) is 5.89. The summed E-state index contributed by atoms with van der Waals surface area (Å²) in [5.74, 6) is 3.46. The Morgan fingerprint density at radius 2 is 1.00 bits per heavy atom. The van der Waals surface area contributed by atoms with E-state index >= 15 is 0 Å². The maximum atomic E-state index is 4.42. The summed E-state index contributed by atoms with van der Waals surface area (Å²) in [5, 5.41) is 0. The van der Waals surface area contributed by atoms with E-state index in [1.165, 1.54) is 36.8 Å². The Bertz CT molecular complexity index is 556. The molecule has 0 unspecified atom stereocenters. The van der Waals surface area contributed by atoms with Crippen LogP contribution in [-0.2, 0) is 25.7 Å². The molecule has 0 bridgehead atoms. The van der Waals surface area contributed by atoms with Crippen molar-refractivity contribution in [1.82, 2.24) is 19.9 Å². The van der Waals surface area contributed by atoms with Crippen LogP contribution < -0.4 is 0 Å². The van der Waals surface area contributed by atoms with Crippen molar-refractivity contribution in [3.63, 3.8) is 0 Å². The molecule has 0 spiro atoms. The molecule has 2 heterocycles. The van der Waals surface area contributed by atoms with Gasteiger partial charge in [0.1, 0.15) is 11.6 Å². The first-order chi connectivity index (χ1) is 11.8. The highest BCUT2D eigenvalue weighted by Gasteiger charge is 2.22. The largest absolute Gasteiger partial charge is 0.241 e. The van der Waals surface area contributed by atoms with Crippen molar-refractivity contribution in [3.05, 3.63) is 47.6 Å². The van der Waals surface area contributed by atoms with E-state index in [0.717, 1.165) is 49.2 Å². The maximum absolute atomic E-state index is 4.42. The van der Waals surface area contributed by atoms with Crippen molar-refractivity contribution in [3.8, 4) is 0 Å². The average Bonchev–Trinajstić information content (AvgIpc) is 2.65. The first-order valence-electron chi connectivity index (χ1n) is 9.36. The van der Waals surface area contributed by atoms with E-state index in [1.54, 1.807) is 0 Å². The lowest BCUT2D eigenvalue weighted by molar-refractivity contribution is 0.272. The number of hydrogen-bond donors (Lipinski definition) is 0. The van der Waals surface area contributed by atoms with Gasteiger partial charge in [-0.1, -0.05) is 13.8 Å². The van der Waals surface area contributed by atoms with Gasteiger partial charge in [-0.2, -0.15) is 0 Å². The van der Waals surface area contributed by atoms with E-state index in [4.69, 9.17) is 0 Å². The van der Waals surface area contributed by atoms with Gasteiger partial charge in [-0.3, -0.25) is 0 Å². The number of aromatic nitrogens is 4. The van der Waals surface area contributed by atoms with Gasteiger partial charge in [-0.25, -0.2) is 19.9 Å². The van der Waals surface area contributed by atoms with Gasteiger partial charge < -0.3 is 0 Å². The second-order valence-corrected chi connectivity index (χ2v) is 7.02. The van der Waals surface area contributed by atoms with E-state index in [9.17, 15) is 0 Å². The fraction of sp³-hybridized carbons (Fsp3) is 0.600. The normalized spacial score (nSPS) is 20.9. The van der Waals surface area contributed by atoms with Gasteiger partial charge in [0.05, 0.1) is 0 Å². The molecule has 0 N–H and O–H groups in total. The van der Waals surface area contributed by atoms with Gasteiger partial charge in [0.2, 0.25) is 0 Å². The lowest BCUT2D eigenvalue weighted by atomic mass is 9.77. The zero-order valence-electron chi connectivity index (χ0n) is 14.9. The van der Waals surface area contributed by atoms with E-state index in [0.29, 0.717) is 0 Å². The summed E-state index contributed by atoms with van der Waals surface area (Å²) in [6.07, 6.45) is 17.4. The van der Waals surface area contributed by atoms with Crippen LogP contribution in [0.5, 0.6) is 0 Å². The summed E-state index contributed by atoms with van der Waals surface area (Å²) in [6.45, 7) is 4.19. The zero-order valence-corrected chi connectivity index (χ0v) is 14.9. The van der Waals surface area contributed by atoms with E-state index in [2.05, 4.69) is 33.8 Å². The van der Waals surface area contributed by atoms with Crippen LogP contribution >= 0.6 is 0 Å². The molecular weight excluding hydrogens is 296 g/mol. The summed E-state index contributed by atoms with van der Waals surface area (Å²) < 4.78 is 0. The highest BCUT2D eigenvalue weighted by atomic mass is 14.9. The molecular formula is C20H28N4. The molecule has 1 aliphatic carbocycles. The molecule has 2 aromatic rings. The molecule has 0 aliphatic heterocycles. The Morgan fingerprint density at radius 1 is 0.667 bits per heavy atom. The lowest BCUT2D eigenvalue weighted by Gasteiger charge is -2.28. The van der Waals surface area contributed by atoms with Crippen LogP contribution in [-0.4, -0.2) is 19.9 Å². The molecule has 0 atom stereocenters. The fourth-order valence-corrected chi connectivity index (χ4v) is 3.65. The van der Waals surface area contributed by atoms with Crippen LogP contribution in [0.2, 0.25) is 0 Å². The molecule has 0 saturated heterocycles. The predicted molar refractivity (Wildman–Crippen MR) is 95.7 cm³/mol. The summed E-state index contributed by atoms with van der Waals surface area (Å²) >= 11 is 0. The van der Waals surface area contributed by atoms with Gasteiger partial charge >= 0.3 is 0 Å². The molecule has 2 aromatic heterocycles. The molecule has 1 aliphatic rings. The molecule has 0 aromatic carbocycles. The van der Waals surface area contributed by atoms with Gasteiger partial charge in [-0.05, 0) is 61.5 Å². The van der Waals surface area contributed by atoms with Gasteiger partial charge in [0.25, 0.3) is 0 Å². The van der Waals surface area contributed by atoms with Crippen molar-refractivity contribution in [2.75, 3.05) is 0 Å². The zero-order chi connectivity index (χ0) is 16.8. The van der Waals surface area contributed by atoms with E-state index in [-0.39, 0.29) is 0 Å². The topological polar surface area (TPSA) is 51.6 Å². The molecule has 128 valence electrons. The fourth-order valence-electron chi connectivity index (χ4n) is 3.65. The summed E-state index contributed by atoms with van der Waals surface area (Å²) in [6, 6.07) is 0. The molecule has 4 nitrogen and oxygen atoms in total. The Hall–Kier alpha value is -1.84. The monoisotopic (exact) mass is 324 g/mol. The van der Waals surface area contributed by atoms with Crippen LogP contribution in [0.15, 0.2) is 24.8 Å². The van der Waals surface area contributed by atoms with Crippen molar-refractivity contribution in [2.45, 2.75) is 65.2 Å². The first kappa shape index (κ1) is 17.0. The second-order valence-electron chi connectivity index (χ2n) is 7.02. The highest BCUT2D eigenvalue weighted by molar-refractivity contribution is 5.08. The molecule has 1 saturated carbocycles. The smallest absolute Gasteiger partial charge is 0.127 e. The number of nitrogens with zero attached hydrogens (tertiary/aromatic N) is 4. The third-order valence-corrected chi connectivity index (χ3v) is 5.17. The molecule has 0 amide bonds. The Balaban J connectivity index is 1.46. The average molecular weight is 324 g/mol. The van der Waals surface area contributed by atoms with Crippen molar-refractivity contribution < 1.29 is 0 Å². The first-order valence-corrected chi connectivity index (χ1v) is 9.36. The van der Waals surface area contributed by atoms with Crippen LogP contribution in [0.1, 0.15) is 62.3 Å². The van der Waals surface area contributed by atoms with Gasteiger partial charge in [0, 0.05) is 37.6 Å². The molecule has 4 heteroatoms. The maximum Gasteiger partial charge on any atom is 0.127 e. The van der Waals surface area contributed by atoms with Crippen LogP contribution in [0.3, 0.4) is 0 Å². The third kappa shape index (κ3) is 4.59. The summed E-state index contributed by atoms with van der Waals surface area (Å²) in [5.41, 5.74) is 2.58. The Labute approximate surface area is 145 Å². The van der Waals surface area contributed by atoms with Crippen LogP contribution in [0.4, 0.5) is 0 Å². The minimum absolute atomic E-state index is 0.788. The molecule has 24 heavy (non-hydrogen) atoms. The quantitative estimate of drug-likeness (QED) is 0.806. The second kappa shape index (κ2) is 8.32.